The molecule has 0 spiro atoms. The Kier molecular flexibility index (Phi) is 5.95. The van der Waals surface area contributed by atoms with E-state index >= 15 is 0 Å². The van der Waals surface area contributed by atoms with E-state index in [1.807, 2.05) is 0 Å². The number of ether oxygens (including phenoxy) is 4. The first-order valence-corrected chi connectivity index (χ1v) is 10.0. The third-order valence-corrected chi connectivity index (χ3v) is 5.17. The molecule has 4 rings (SSSR count). The van der Waals surface area contributed by atoms with Gasteiger partial charge in [-0.1, -0.05) is 18.2 Å². The van der Waals surface area contributed by atoms with E-state index in [0.29, 0.717) is 39.3 Å². The fourth-order valence-electron chi connectivity index (χ4n) is 3.37. The van der Waals surface area contributed by atoms with Crippen molar-refractivity contribution in [3.8, 4) is 17.2 Å². The average molecular weight is 444 g/mol. The van der Waals surface area contributed by atoms with E-state index in [2.05, 4.69) is 4.74 Å². The largest absolute Gasteiger partial charge is 0.497 e. The molecule has 0 amide bonds. The topological polar surface area (TPSA) is 88.1 Å². The van der Waals surface area contributed by atoms with Crippen LogP contribution in [0.1, 0.15) is 42.2 Å². The van der Waals surface area contributed by atoms with Gasteiger partial charge in [0.15, 0.2) is 5.76 Å². The third-order valence-electron chi connectivity index (χ3n) is 5.17. The molecule has 7 heteroatoms. The van der Waals surface area contributed by atoms with Crippen LogP contribution in [0.5, 0.6) is 17.2 Å². The molecule has 0 N–H and O–H groups in total. The highest BCUT2D eigenvalue weighted by molar-refractivity contribution is 6.15. The Morgan fingerprint density at radius 1 is 0.909 bits per heavy atom. The number of fused-ring (bicyclic) bond motifs is 1. The normalized spacial score (nSPS) is 13.3. The fraction of sp³-hybridized carbons (Fsp3) is 0.115. The first-order valence-electron chi connectivity index (χ1n) is 10.0. The SMILES string of the molecule is COC(=O)c1ccc(/C=C2\Oc3c(ccc(OC(=O)c4cccc(OC)c4)c3C)C2=O)cc1. The van der Waals surface area contributed by atoms with Crippen molar-refractivity contribution in [1.82, 2.24) is 0 Å². The molecule has 0 aliphatic carbocycles. The zero-order valence-corrected chi connectivity index (χ0v) is 18.2. The quantitative estimate of drug-likeness (QED) is 0.322. The van der Waals surface area contributed by atoms with Gasteiger partial charge in [0.25, 0.3) is 0 Å². The maximum absolute atomic E-state index is 12.8. The summed E-state index contributed by atoms with van der Waals surface area (Å²) < 4.78 is 21.2. The Hall–Kier alpha value is -4.39. The number of hydrogen-bond donors (Lipinski definition) is 0. The van der Waals surface area contributed by atoms with Gasteiger partial charge in [-0.3, -0.25) is 4.79 Å². The molecule has 33 heavy (non-hydrogen) atoms. The molecule has 166 valence electrons. The van der Waals surface area contributed by atoms with Crippen molar-refractivity contribution in [2.45, 2.75) is 6.92 Å². The Morgan fingerprint density at radius 3 is 2.36 bits per heavy atom. The van der Waals surface area contributed by atoms with Crippen LogP contribution in [-0.4, -0.2) is 31.9 Å². The summed E-state index contributed by atoms with van der Waals surface area (Å²) in [5.41, 5.74) is 2.33. The summed E-state index contributed by atoms with van der Waals surface area (Å²) in [6, 6.07) is 16.4. The minimum Gasteiger partial charge on any atom is -0.497 e. The van der Waals surface area contributed by atoms with Gasteiger partial charge in [-0.2, -0.15) is 0 Å². The van der Waals surface area contributed by atoms with E-state index in [1.54, 1.807) is 73.7 Å². The van der Waals surface area contributed by atoms with E-state index < -0.39 is 11.9 Å². The van der Waals surface area contributed by atoms with Crippen LogP contribution in [0.2, 0.25) is 0 Å². The summed E-state index contributed by atoms with van der Waals surface area (Å²) in [6.07, 6.45) is 1.59. The second-order valence-corrected chi connectivity index (χ2v) is 7.24. The summed E-state index contributed by atoms with van der Waals surface area (Å²) in [7, 11) is 2.83. The highest BCUT2D eigenvalue weighted by Crippen LogP contribution is 2.39. The smallest absolute Gasteiger partial charge is 0.343 e. The number of esters is 2. The van der Waals surface area contributed by atoms with Gasteiger partial charge in [-0.15, -0.1) is 0 Å². The molecular formula is C26H20O7. The Labute approximate surface area is 190 Å². The third kappa shape index (κ3) is 4.34. The lowest BCUT2D eigenvalue weighted by atomic mass is 10.1. The fourth-order valence-corrected chi connectivity index (χ4v) is 3.37. The zero-order chi connectivity index (χ0) is 23.5. The molecule has 3 aromatic carbocycles. The molecule has 0 saturated carbocycles. The molecule has 0 unspecified atom stereocenters. The van der Waals surface area contributed by atoms with Crippen LogP contribution in [0.4, 0.5) is 0 Å². The van der Waals surface area contributed by atoms with Crippen LogP contribution in [0.3, 0.4) is 0 Å². The Morgan fingerprint density at radius 2 is 1.67 bits per heavy atom. The number of carbonyl (C=O) groups is 3. The molecule has 0 bridgehead atoms. The molecule has 0 aromatic heterocycles. The van der Waals surface area contributed by atoms with Crippen molar-refractivity contribution in [2.24, 2.45) is 0 Å². The van der Waals surface area contributed by atoms with E-state index in [-0.39, 0.29) is 17.3 Å². The molecule has 0 saturated heterocycles. The lowest BCUT2D eigenvalue weighted by Gasteiger charge is -2.10. The van der Waals surface area contributed by atoms with Crippen molar-refractivity contribution in [3.63, 3.8) is 0 Å². The van der Waals surface area contributed by atoms with Gasteiger partial charge < -0.3 is 18.9 Å². The van der Waals surface area contributed by atoms with Gasteiger partial charge in [-0.05, 0) is 61.0 Å². The molecule has 1 aliphatic rings. The highest BCUT2D eigenvalue weighted by Gasteiger charge is 2.30. The summed E-state index contributed by atoms with van der Waals surface area (Å²) in [5.74, 6) is 0.0278. The predicted octanol–water partition coefficient (Wildman–Crippen LogP) is 4.63. The maximum atomic E-state index is 12.8. The van der Waals surface area contributed by atoms with Gasteiger partial charge in [0.2, 0.25) is 5.78 Å². The van der Waals surface area contributed by atoms with E-state index in [1.165, 1.54) is 14.2 Å². The monoisotopic (exact) mass is 444 g/mol. The van der Waals surface area contributed by atoms with Crippen molar-refractivity contribution >= 4 is 23.8 Å². The molecule has 1 heterocycles. The number of allylic oxidation sites excluding steroid dienone is 1. The van der Waals surface area contributed by atoms with Gasteiger partial charge in [0, 0.05) is 5.56 Å². The van der Waals surface area contributed by atoms with E-state index in [9.17, 15) is 14.4 Å². The number of rotatable bonds is 5. The minimum absolute atomic E-state index is 0.134. The summed E-state index contributed by atoms with van der Waals surface area (Å²) in [6.45, 7) is 1.72. The van der Waals surface area contributed by atoms with Gasteiger partial charge in [-0.25, -0.2) is 9.59 Å². The van der Waals surface area contributed by atoms with E-state index in [0.717, 1.165) is 0 Å². The molecule has 0 atom stereocenters. The standard InChI is InChI=1S/C26H20O7/c1-15-21(33-26(29)18-5-4-6-19(14-18)30-2)12-11-20-23(27)22(32-24(15)20)13-16-7-9-17(10-8-16)25(28)31-3/h4-14H,1-3H3/b22-13-. The molecule has 3 aromatic rings. The Bertz CT molecular complexity index is 1290. The van der Waals surface area contributed by atoms with Crippen LogP contribution in [-0.2, 0) is 4.74 Å². The van der Waals surface area contributed by atoms with Crippen LogP contribution in [0.25, 0.3) is 6.08 Å². The number of carbonyl (C=O) groups excluding carboxylic acids is 3. The van der Waals surface area contributed by atoms with Gasteiger partial charge in [0.05, 0.1) is 30.9 Å². The number of methoxy groups -OCH3 is 2. The van der Waals surface area contributed by atoms with Crippen LogP contribution < -0.4 is 14.2 Å². The lowest BCUT2D eigenvalue weighted by Crippen LogP contribution is -2.09. The predicted molar refractivity (Wildman–Crippen MR) is 120 cm³/mol. The van der Waals surface area contributed by atoms with Gasteiger partial charge in [0.1, 0.15) is 17.2 Å². The summed E-state index contributed by atoms with van der Waals surface area (Å²) in [5, 5.41) is 0. The zero-order valence-electron chi connectivity index (χ0n) is 18.2. The summed E-state index contributed by atoms with van der Waals surface area (Å²) in [4.78, 5) is 37.0. The first kappa shape index (κ1) is 21.8. The molecule has 1 aliphatic heterocycles. The minimum atomic E-state index is -0.553. The lowest BCUT2D eigenvalue weighted by molar-refractivity contribution is 0.0600. The van der Waals surface area contributed by atoms with Crippen molar-refractivity contribution < 1.29 is 33.3 Å². The second kappa shape index (κ2) is 9.00. The summed E-state index contributed by atoms with van der Waals surface area (Å²) >= 11 is 0. The van der Waals surface area contributed by atoms with Gasteiger partial charge >= 0.3 is 11.9 Å². The highest BCUT2D eigenvalue weighted by atomic mass is 16.5. The molecule has 0 fully saturated rings. The maximum Gasteiger partial charge on any atom is 0.343 e. The first-order chi connectivity index (χ1) is 15.9. The number of ketones is 1. The molecular weight excluding hydrogens is 424 g/mol. The average Bonchev–Trinajstić information content (AvgIpc) is 3.16. The van der Waals surface area contributed by atoms with Crippen molar-refractivity contribution in [3.05, 3.63) is 94.2 Å². The molecule has 7 nitrogen and oxygen atoms in total. The van der Waals surface area contributed by atoms with Crippen molar-refractivity contribution in [2.75, 3.05) is 14.2 Å². The Balaban J connectivity index is 1.56. The van der Waals surface area contributed by atoms with Crippen molar-refractivity contribution in [1.29, 1.82) is 0 Å². The van der Waals surface area contributed by atoms with E-state index in [4.69, 9.17) is 14.2 Å². The number of Topliss-reactive ketones (excluding diaryl/α,β-unsaturated/α-hetero) is 1. The number of benzene rings is 3. The van der Waals surface area contributed by atoms with Crippen LogP contribution in [0.15, 0.2) is 66.4 Å². The van der Waals surface area contributed by atoms with Crippen LogP contribution in [0, 0.1) is 6.92 Å². The van der Waals surface area contributed by atoms with Crippen LogP contribution >= 0.6 is 0 Å². The molecule has 0 radical (unpaired) electrons. The number of hydrogen-bond acceptors (Lipinski definition) is 7. The second-order valence-electron chi connectivity index (χ2n) is 7.24.